The number of hydrogen-bond donors (Lipinski definition) is 3. The largest absolute Gasteiger partial charge is 0.545 e. The first kappa shape index (κ1) is 88.2. The Kier molecular flexibility index (Phi) is 33.5. The van der Waals surface area contributed by atoms with Crippen LogP contribution in [0, 0.1) is 0 Å². The molecule has 0 bridgehead atoms. The number of aromatic carboxylic acids is 1. The molecule has 9 rings (SSSR count). The number of carbonyl (C=O) groups is 10. The van der Waals surface area contributed by atoms with Gasteiger partial charge in [-0.2, -0.15) is 0 Å². The molecule has 0 unspecified atom stereocenters. The molecule has 2 fully saturated rings. The van der Waals surface area contributed by atoms with E-state index in [1.165, 1.54) is 99.2 Å². The van der Waals surface area contributed by atoms with E-state index >= 15 is 0 Å². The van der Waals surface area contributed by atoms with Crippen molar-refractivity contribution in [2.45, 2.75) is 190 Å². The number of rotatable bonds is 39. The minimum Gasteiger partial charge on any atom is -0.545 e. The summed E-state index contributed by atoms with van der Waals surface area (Å²) in [5, 5.41) is 30.8. The van der Waals surface area contributed by atoms with Gasteiger partial charge in [-0.05, 0) is 85.1 Å². The van der Waals surface area contributed by atoms with Crippen LogP contribution < -0.4 is 30.6 Å². The van der Waals surface area contributed by atoms with Gasteiger partial charge in [-0.15, -0.1) is 11.8 Å². The molecule has 4 aliphatic rings. The van der Waals surface area contributed by atoms with E-state index in [0.29, 0.717) is 46.0 Å². The van der Waals surface area contributed by atoms with Gasteiger partial charge in [0.25, 0.3) is 5.91 Å². The molecule has 0 aromatic heterocycles. The quantitative estimate of drug-likeness (QED) is 0.00805. The van der Waals surface area contributed by atoms with Gasteiger partial charge in [0.2, 0.25) is 11.3 Å². The highest BCUT2D eigenvalue weighted by molar-refractivity contribution is 8.00. The van der Waals surface area contributed by atoms with Crippen molar-refractivity contribution < 1.29 is 110 Å². The summed E-state index contributed by atoms with van der Waals surface area (Å²) in [6.07, 6.45) is 0.396. The van der Waals surface area contributed by atoms with Gasteiger partial charge in [-0.25, -0.2) is 19.0 Å². The SMILES string of the molecule is CCCCCCCCCCCCC/C=C/[C@@H](O)[C@H](CO[C@@H]1O[C@H](COC(=O)c2ccccc2)[C@@H](S[C@@H]2O[C@H](COC(C)=O)[C@H](OC(C)=O)[C@H](OC(C)=O)[C@H]2OC(C)=O)[C@H](OC(=O)c2ccccc2)[C@H]1OC(=O)c1ccccc1)NC(=O)CCNC(=O)c1ccc(C(=O)[O-])c(-c2c3ccc(=[N+](C)C)cc-3oc3cc(N(C)C)ccc23)c1. The fourth-order valence-corrected chi connectivity index (χ4v) is 15.1. The number of amides is 2. The number of carbonyl (C=O) groups excluding carboxylic acids is 10. The number of aliphatic hydroxyl groups excluding tert-OH is 1. The third kappa shape index (κ3) is 25.4. The Labute approximate surface area is 672 Å². The highest BCUT2D eigenvalue weighted by atomic mass is 32.2. The van der Waals surface area contributed by atoms with E-state index in [1.807, 2.05) is 74.1 Å². The van der Waals surface area contributed by atoms with E-state index in [9.17, 15) is 58.2 Å². The monoisotopic (exact) mass is 1600 g/mol. The van der Waals surface area contributed by atoms with Gasteiger partial charge in [-0.1, -0.05) is 144 Å². The molecule has 27 nitrogen and oxygen atoms in total. The van der Waals surface area contributed by atoms with Crippen molar-refractivity contribution in [2.75, 3.05) is 59.5 Å². The number of ether oxygens (including phenoxy) is 10. The molecule has 2 saturated heterocycles. The Hall–Kier alpha value is -10.8. The fraction of sp³-hybridized carbons (Fsp3) is 0.437. The molecule has 2 amide bonds. The number of fused-ring (bicyclic) bond motifs is 2. The van der Waals surface area contributed by atoms with Crippen LogP contribution in [0.2, 0.25) is 0 Å². The van der Waals surface area contributed by atoms with Crippen molar-refractivity contribution in [1.29, 1.82) is 0 Å². The zero-order chi connectivity index (χ0) is 82.7. The lowest BCUT2D eigenvalue weighted by Gasteiger charge is -2.48. The molecule has 0 saturated carbocycles. The predicted molar refractivity (Wildman–Crippen MR) is 425 cm³/mol. The highest BCUT2D eigenvalue weighted by Crippen LogP contribution is 2.45. The van der Waals surface area contributed by atoms with Crippen LogP contribution in [0.15, 0.2) is 162 Å². The molecule has 0 spiro atoms. The van der Waals surface area contributed by atoms with Gasteiger partial charge in [0.15, 0.2) is 36.8 Å². The molecule has 115 heavy (non-hydrogen) atoms. The third-order valence-corrected chi connectivity index (χ3v) is 20.9. The first-order valence-corrected chi connectivity index (χ1v) is 39.7. The Balaban J connectivity index is 1.07. The fourth-order valence-electron chi connectivity index (χ4n) is 13.5. The van der Waals surface area contributed by atoms with Crippen molar-refractivity contribution in [3.63, 3.8) is 0 Å². The van der Waals surface area contributed by atoms with Crippen LogP contribution in [0.5, 0.6) is 0 Å². The van der Waals surface area contributed by atoms with Crippen molar-refractivity contribution >= 4 is 88.0 Å². The summed E-state index contributed by atoms with van der Waals surface area (Å²) < 4.78 is 70.3. The third-order valence-electron chi connectivity index (χ3n) is 19.4. The number of anilines is 1. The van der Waals surface area contributed by atoms with Crippen LogP contribution in [0.3, 0.4) is 0 Å². The lowest BCUT2D eigenvalue weighted by molar-refractivity contribution is -0.270. The summed E-state index contributed by atoms with van der Waals surface area (Å²) in [7, 11) is 7.50. The van der Waals surface area contributed by atoms with Crippen molar-refractivity contribution in [1.82, 2.24) is 15.2 Å². The van der Waals surface area contributed by atoms with Crippen LogP contribution in [-0.4, -0.2) is 191 Å². The second-order valence-electron chi connectivity index (χ2n) is 28.6. The van der Waals surface area contributed by atoms with E-state index < -0.39 is 158 Å². The van der Waals surface area contributed by atoms with E-state index in [4.69, 9.17) is 51.8 Å². The van der Waals surface area contributed by atoms with Crippen LogP contribution in [0.25, 0.3) is 33.4 Å². The summed E-state index contributed by atoms with van der Waals surface area (Å²) in [6.45, 7) is 4.13. The zero-order valence-corrected chi connectivity index (χ0v) is 67.0. The number of carboxylic acid groups (broad SMARTS) is 1. The Morgan fingerprint density at radius 2 is 1.16 bits per heavy atom. The summed E-state index contributed by atoms with van der Waals surface area (Å²) >= 11 is 0.703. The van der Waals surface area contributed by atoms with Crippen LogP contribution in [-0.2, 0) is 71.3 Å². The normalized spacial score (nSPS) is 19.7. The number of allylic oxidation sites excluding steroid dienone is 1. The Morgan fingerprint density at radius 1 is 0.583 bits per heavy atom. The van der Waals surface area contributed by atoms with Gasteiger partial charge < -0.3 is 82.3 Å². The van der Waals surface area contributed by atoms with Crippen molar-refractivity contribution in [3.05, 3.63) is 191 Å². The molecule has 0 radical (unpaired) electrons. The highest BCUT2D eigenvalue weighted by Gasteiger charge is 2.58. The molecule has 5 aromatic rings. The average molecular weight is 1600 g/mol. The molecular weight excluding hydrogens is 1500 g/mol. The standard InChI is InChI=1S/C87H102N4O23S/c1-10-11-12-13-14-15-16-17-18-19-20-21-31-38-68(96)67(89-73(97)45-46-88-81(98)60-39-42-63(82(99)100)66(47-60)74-64-43-40-61(90(6)7)48-69(64)110-70-49-62(91(8)9)41-44-65(70)74)50-106-86-78(114-85(103)59-36-29-24-30-37-59)77(113-84(102)58-34-27-23-28-35-58)80(72(111-86)52-105-83(101)57-32-25-22-26-33-57)115-87-79(109-56(5)95)76(108-55(4)94)75(107-54(3)93)71(112-87)51-104-53(2)92/h22-44,47-49,67-68,71-72,75-80,86-87,96H,10-21,45-46,50-52H2,1-9H3,(H2-,88,89,97,98,99,100)/b38-31+/t67-,68+,71+,72+,75-,76-,77+,78+,79+,80+,86+,87-/m0/s1. The van der Waals surface area contributed by atoms with Gasteiger partial charge in [0, 0.05) is 100 Å². The van der Waals surface area contributed by atoms with Crippen LogP contribution >= 0.6 is 11.8 Å². The summed E-state index contributed by atoms with van der Waals surface area (Å²) in [4.78, 5) is 139. The second-order valence-corrected chi connectivity index (χ2v) is 29.9. The first-order chi connectivity index (χ1) is 55.3. The van der Waals surface area contributed by atoms with E-state index in [-0.39, 0.29) is 39.9 Å². The summed E-state index contributed by atoms with van der Waals surface area (Å²) in [6, 6.07) is 36.9. The molecule has 5 aromatic carbocycles. The van der Waals surface area contributed by atoms with Crippen LogP contribution in [0.1, 0.15) is 170 Å². The molecule has 28 heteroatoms. The zero-order valence-electron chi connectivity index (χ0n) is 66.2. The maximum Gasteiger partial charge on any atom is 0.338 e. The van der Waals surface area contributed by atoms with Gasteiger partial charge >= 0.3 is 41.8 Å². The molecule has 614 valence electrons. The number of unbranched alkanes of at least 4 members (excludes halogenated alkanes) is 11. The van der Waals surface area contributed by atoms with E-state index in [2.05, 4.69) is 17.6 Å². The van der Waals surface area contributed by atoms with E-state index in [1.54, 1.807) is 60.7 Å². The number of hydrogen-bond acceptors (Lipinski definition) is 25. The number of aliphatic hydroxyl groups is 1. The van der Waals surface area contributed by atoms with Gasteiger partial charge in [0.1, 0.15) is 56.3 Å². The molecule has 3 heterocycles. The predicted octanol–water partition coefficient (Wildman–Crippen LogP) is 10.1. The minimum atomic E-state index is -1.90. The average Bonchev–Trinajstić information content (AvgIpc) is 0.735. The lowest BCUT2D eigenvalue weighted by Crippen LogP contribution is -2.64. The number of nitrogens with one attached hydrogen (secondary N) is 2. The number of thioether (sulfide) groups is 1. The second kappa shape index (κ2) is 43.6. The van der Waals surface area contributed by atoms with Crippen molar-refractivity contribution in [3.8, 4) is 22.5 Å². The molecular formula is C87H102N4O23S. The smallest absolute Gasteiger partial charge is 0.338 e. The Morgan fingerprint density at radius 3 is 1.74 bits per heavy atom. The summed E-state index contributed by atoms with van der Waals surface area (Å²) in [5.41, 5.74) is 0.722. The Bertz CT molecular complexity index is 4550. The maximum absolute atomic E-state index is 14.9. The van der Waals surface area contributed by atoms with Gasteiger partial charge in [0.05, 0.1) is 52.7 Å². The molecule has 12 atom stereocenters. The molecule has 3 N–H and O–H groups in total. The van der Waals surface area contributed by atoms with Gasteiger partial charge in [-0.3, -0.25) is 28.8 Å². The van der Waals surface area contributed by atoms with Crippen LogP contribution in [0.4, 0.5) is 5.69 Å². The molecule has 3 aliphatic heterocycles. The molecule has 1 aliphatic carbocycles. The van der Waals surface area contributed by atoms with E-state index in [0.717, 1.165) is 70.8 Å². The van der Waals surface area contributed by atoms with Crippen molar-refractivity contribution in [2.24, 2.45) is 0 Å². The number of carboxylic acids is 1. The summed E-state index contributed by atoms with van der Waals surface area (Å²) in [5.74, 6) is -8.90. The maximum atomic E-state index is 14.9. The number of benzene rings is 6. The minimum absolute atomic E-state index is 0.00455. The first-order valence-electron chi connectivity index (χ1n) is 38.7. The topological polar surface area (TPSA) is 350 Å². The lowest BCUT2D eigenvalue weighted by atomic mass is 9.89. The number of esters is 7. The number of nitrogens with zero attached hydrogens (tertiary/aromatic N) is 2.